The summed E-state index contributed by atoms with van der Waals surface area (Å²) in [6.07, 6.45) is 0. The van der Waals surface area contributed by atoms with Crippen LogP contribution >= 0.6 is 23.1 Å². The Labute approximate surface area is 169 Å². The summed E-state index contributed by atoms with van der Waals surface area (Å²) < 4.78 is 17.4. The Bertz CT molecular complexity index is 1080. The van der Waals surface area contributed by atoms with Gasteiger partial charge in [-0.1, -0.05) is 23.0 Å². The van der Waals surface area contributed by atoms with Gasteiger partial charge in [-0.15, -0.1) is 21.5 Å². The molecule has 0 unspecified atom stereocenters. The molecule has 3 heterocycles. The number of nitrogens with zero attached hydrogens (tertiary/aromatic N) is 4. The van der Waals surface area contributed by atoms with E-state index >= 15 is 0 Å². The second-order valence-corrected chi connectivity index (χ2v) is 7.58. The lowest BCUT2D eigenvalue weighted by atomic mass is 10.2. The Balaban J connectivity index is 1.50. The van der Waals surface area contributed by atoms with Gasteiger partial charge in [0, 0.05) is 17.4 Å². The molecule has 4 rings (SSSR count). The summed E-state index contributed by atoms with van der Waals surface area (Å²) in [6.45, 7) is 0. The summed E-state index contributed by atoms with van der Waals surface area (Å²) in [4.78, 5) is 1.04. The molecule has 2 N–H and O–H groups in total. The number of ether oxygens (including phenoxy) is 2. The van der Waals surface area contributed by atoms with Crippen molar-refractivity contribution < 1.29 is 14.0 Å². The SMILES string of the molecule is COc1ccc(-c2nnc(SCc3cc(-c4cccs4)on3)n2N)cc1OC. The predicted molar refractivity (Wildman–Crippen MR) is 108 cm³/mol. The molecule has 0 bridgehead atoms. The van der Waals surface area contributed by atoms with Crippen LogP contribution in [0.3, 0.4) is 0 Å². The number of aromatic nitrogens is 4. The first-order chi connectivity index (χ1) is 13.7. The maximum absolute atomic E-state index is 6.20. The molecule has 0 fully saturated rings. The molecular weight excluding hydrogens is 398 g/mol. The number of nitrogen functional groups attached to an aromatic ring is 1. The second kappa shape index (κ2) is 7.95. The van der Waals surface area contributed by atoms with Gasteiger partial charge in [-0.3, -0.25) is 0 Å². The first-order valence-electron chi connectivity index (χ1n) is 8.24. The molecule has 3 aromatic heterocycles. The van der Waals surface area contributed by atoms with Crippen molar-refractivity contribution in [3.8, 4) is 33.5 Å². The summed E-state index contributed by atoms with van der Waals surface area (Å²) in [5.74, 6) is 9.29. The predicted octanol–water partition coefficient (Wildman–Crippen LogP) is 3.68. The monoisotopic (exact) mass is 415 g/mol. The number of hydrogen-bond donors (Lipinski definition) is 1. The van der Waals surface area contributed by atoms with Crippen molar-refractivity contribution in [2.24, 2.45) is 0 Å². The van der Waals surface area contributed by atoms with Gasteiger partial charge in [0.15, 0.2) is 23.1 Å². The average Bonchev–Trinajstić information content (AvgIpc) is 3.47. The number of methoxy groups -OCH3 is 2. The fourth-order valence-electron chi connectivity index (χ4n) is 2.60. The van der Waals surface area contributed by atoms with Crippen LogP contribution in [0.15, 0.2) is 51.5 Å². The summed E-state index contributed by atoms with van der Waals surface area (Å²) in [5, 5.41) is 15.1. The van der Waals surface area contributed by atoms with Gasteiger partial charge in [0.05, 0.1) is 24.8 Å². The molecule has 1 aromatic carbocycles. The van der Waals surface area contributed by atoms with E-state index in [1.54, 1.807) is 31.6 Å². The number of hydrogen-bond acceptors (Lipinski definition) is 9. The van der Waals surface area contributed by atoms with Crippen LogP contribution in [0.1, 0.15) is 5.69 Å². The van der Waals surface area contributed by atoms with Gasteiger partial charge in [0.1, 0.15) is 0 Å². The minimum Gasteiger partial charge on any atom is -0.493 e. The van der Waals surface area contributed by atoms with Crippen LogP contribution in [0.5, 0.6) is 11.5 Å². The first kappa shape index (κ1) is 18.4. The van der Waals surface area contributed by atoms with Crippen LogP contribution in [0.2, 0.25) is 0 Å². The van der Waals surface area contributed by atoms with Crippen molar-refractivity contribution in [1.29, 1.82) is 0 Å². The van der Waals surface area contributed by atoms with E-state index in [-0.39, 0.29) is 0 Å². The standard InChI is InChI=1S/C18H17N5O3S2/c1-24-13-6-5-11(8-14(13)25-2)17-20-21-18(23(17)19)28-10-12-9-15(26-22-12)16-4-3-7-27-16/h3-9H,10,19H2,1-2H3. The van der Waals surface area contributed by atoms with Crippen molar-refractivity contribution in [2.75, 3.05) is 20.1 Å². The lowest BCUT2D eigenvalue weighted by Crippen LogP contribution is -2.11. The Kier molecular flexibility index (Phi) is 5.22. The zero-order valence-corrected chi connectivity index (χ0v) is 16.8. The van der Waals surface area contributed by atoms with E-state index in [1.807, 2.05) is 35.7 Å². The van der Waals surface area contributed by atoms with Crippen LogP contribution in [-0.4, -0.2) is 34.2 Å². The first-order valence-corrected chi connectivity index (χ1v) is 10.1. The van der Waals surface area contributed by atoms with Crippen LogP contribution in [-0.2, 0) is 5.75 Å². The molecule has 0 aliphatic heterocycles. The molecule has 0 aliphatic rings. The third-order valence-electron chi connectivity index (χ3n) is 3.98. The molecule has 4 aromatic rings. The molecule has 0 amide bonds. The van der Waals surface area contributed by atoms with E-state index in [0.717, 1.165) is 21.9 Å². The van der Waals surface area contributed by atoms with Gasteiger partial charge in [0.25, 0.3) is 0 Å². The third-order valence-corrected chi connectivity index (χ3v) is 5.84. The van der Waals surface area contributed by atoms with Gasteiger partial charge in [-0.25, -0.2) is 4.68 Å². The molecule has 0 spiro atoms. The molecule has 0 saturated carbocycles. The molecule has 0 radical (unpaired) electrons. The number of benzene rings is 1. The second-order valence-electron chi connectivity index (χ2n) is 5.69. The maximum atomic E-state index is 6.20. The van der Waals surface area contributed by atoms with Gasteiger partial charge in [-0.05, 0) is 29.6 Å². The normalized spacial score (nSPS) is 10.9. The minimum atomic E-state index is 0.530. The highest BCUT2D eigenvalue weighted by atomic mass is 32.2. The molecule has 28 heavy (non-hydrogen) atoms. The highest BCUT2D eigenvalue weighted by molar-refractivity contribution is 7.98. The fourth-order valence-corrected chi connectivity index (χ4v) is 4.01. The Morgan fingerprint density at radius 3 is 2.75 bits per heavy atom. The van der Waals surface area contributed by atoms with Gasteiger partial charge in [-0.2, -0.15) is 0 Å². The van der Waals surface area contributed by atoms with Crippen LogP contribution < -0.4 is 15.3 Å². The Morgan fingerprint density at radius 2 is 2.00 bits per heavy atom. The van der Waals surface area contributed by atoms with E-state index in [0.29, 0.717) is 28.2 Å². The fraction of sp³-hybridized carbons (Fsp3) is 0.167. The molecule has 0 aliphatic carbocycles. The van der Waals surface area contributed by atoms with Gasteiger partial charge < -0.3 is 19.8 Å². The topological polar surface area (TPSA) is 101 Å². The summed E-state index contributed by atoms with van der Waals surface area (Å²) >= 11 is 3.04. The molecule has 0 saturated heterocycles. The van der Waals surface area contributed by atoms with Crippen molar-refractivity contribution in [2.45, 2.75) is 10.9 Å². The molecule has 10 heteroatoms. The van der Waals surface area contributed by atoms with Crippen molar-refractivity contribution in [3.63, 3.8) is 0 Å². The molecule has 8 nitrogen and oxygen atoms in total. The highest BCUT2D eigenvalue weighted by Gasteiger charge is 2.16. The summed E-state index contributed by atoms with van der Waals surface area (Å²) in [7, 11) is 3.17. The number of rotatable bonds is 7. The maximum Gasteiger partial charge on any atom is 0.210 e. The van der Waals surface area contributed by atoms with Crippen molar-refractivity contribution >= 4 is 23.1 Å². The van der Waals surface area contributed by atoms with Crippen LogP contribution in [0, 0.1) is 0 Å². The summed E-state index contributed by atoms with van der Waals surface area (Å²) in [5.41, 5.74) is 1.59. The quantitative estimate of drug-likeness (QED) is 0.360. The Hall–Kier alpha value is -2.98. The van der Waals surface area contributed by atoms with Crippen LogP contribution in [0.25, 0.3) is 22.0 Å². The Morgan fingerprint density at radius 1 is 1.14 bits per heavy atom. The van der Waals surface area contributed by atoms with E-state index in [2.05, 4.69) is 15.4 Å². The smallest absolute Gasteiger partial charge is 0.210 e. The molecule has 144 valence electrons. The summed E-state index contributed by atoms with van der Waals surface area (Å²) in [6, 6.07) is 11.4. The van der Waals surface area contributed by atoms with Gasteiger partial charge >= 0.3 is 0 Å². The zero-order valence-electron chi connectivity index (χ0n) is 15.2. The lowest BCUT2D eigenvalue weighted by molar-refractivity contribution is 0.355. The van der Waals surface area contributed by atoms with E-state index in [9.17, 15) is 0 Å². The number of thiophene rings is 1. The van der Waals surface area contributed by atoms with Crippen molar-refractivity contribution in [3.05, 3.63) is 47.5 Å². The van der Waals surface area contributed by atoms with Gasteiger partial charge in [0.2, 0.25) is 5.16 Å². The molecular formula is C18H17N5O3S2. The minimum absolute atomic E-state index is 0.530. The zero-order chi connectivity index (χ0) is 19.5. The van der Waals surface area contributed by atoms with Crippen LogP contribution in [0.4, 0.5) is 0 Å². The molecule has 0 atom stereocenters. The third kappa shape index (κ3) is 3.56. The van der Waals surface area contributed by atoms with E-state index in [1.165, 1.54) is 16.4 Å². The largest absolute Gasteiger partial charge is 0.493 e. The van der Waals surface area contributed by atoms with Crippen molar-refractivity contribution in [1.82, 2.24) is 20.0 Å². The number of nitrogens with two attached hydrogens (primary N) is 1. The highest BCUT2D eigenvalue weighted by Crippen LogP contribution is 2.33. The average molecular weight is 416 g/mol. The van der Waals surface area contributed by atoms with E-state index in [4.69, 9.17) is 19.8 Å². The number of thioether (sulfide) groups is 1. The van der Waals surface area contributed by atoms with E-state index < -0.39 is 0 Å². The lowest BCUT2D eigenvalue weighted by Gasteiger charge is -2.09.